The van der Waals surface area contributed by atoms with E-state index in [4.69, 9.17) is 4.74 Å². The maximum absolute atomic E-state index is 10.4. The summed E-state index contributed by atoms with van der Waals surface area (Å²) in [6.07, 6.45) is 7.84. The zero-order valence-corrected chi connectivity index (χ0v) is 16.1. The molecule has 0 unspecified atom stereocenters. The molecule has 0 fully saturated rings. The summed E-state index contributed by atoms with van der Waals surface area (Å²) in [6.45, 7) is 7.17. The van der Waals surface area contributed by atoms with Crippen LogP contribution in [0.4, 0.5) is 0 Å². The quantitative estimate of drug-likeness (QED) is 0.263. The Morgan fingerprint density at radius 2 is 1.50 bits per heavy atom. The SMILES string of the molecule is CCCCOC(=O)CS.CCC[CH2][Sn][CH2]CCC. The predicted molar refractivity (Wildman–Crippen MR) is 84.9 cm³/mol. The summed E-state index contributed by atoms with van der Waals surface area (Å²) < 4.78 is 7.97. The number of ether oxygens (including phenoxy) is 1. The van der Waals surface area contributed by atoms with Crippen LogP contribution in [0.5, 0.6) is 0 Å². The van der Waals surface area contributed by atoms with Crippen LogP contribution < -0.4 is 0 Å². The minimum absolute atomic E-state index is 0.149. The van der Waals surface area contributed by atoms with E-state index in [1.807, 2.05) is 0 Å². The first-order valence-corrected chi connectivity index (χ1v) is 11.9. The molecule has 0 bridgehead atoms. The van der Waals surface area contributed by atoms with Gasteiger partial charge in [0.25, 0.3) is 0 Å². The Morgan fingerprint density at radius 3 is 1.89 bits per heavy atom. The summed E-state index contributed by atoms with van der Waals surface area (Å²) in [5.41, 5.74) is 0. The molecule has 18 heavy (non-hydrogen) atoms. The molecule has 0 heterocycles. The molecule has 0 spiro atoms. The normalized spacial score (nSPS) is 9.56. The monoisotopic (exact) mass is 382 g/mol. The number of carbonyl (C=O) groups is 1. The van der Waals surface area contributed by atoms with Crippen molar-refractivity contribution < 1.29 is 9.53 Å². The van der Waals surface area contributed by atoms with Gasteiger partial charge < -0.3 is 4.74 Å². The first-order chi connectivity index (χ1) is 8.72. The fourth-order valence-electron chi connectivity index (χ4n) is 1.10. The predicted octanol–water partition coefficient (Wildman–Crippen LogP) is 4.39. The summed E-state index contributed by atoms with van der Waals surface area (Å²) in [5.74, 6) is -0.0456. The second kappa shape index (κ2) is 19.9. The van der Waals surface area contributed by atoms with Gasteiger partial charge in [-0.15, -0.1) is 0 Å². The molecule has 4 heteroatoms. The molecule has 0 aliphatic rings. The van der Waals surface area contributed by atoms with Gasteiger partial charge >= 0.3 is 75.5 Å². The third-order valence-corrected chi connectivity index (χ3v) is 6.60. The van der Waals surface area contributed by atoms with E-state index in [0.29, 0.717) is 6.61 Å². The van der Waals surface area contributed by atoms with Gasteiger partial charge in [-0.3, -0.25) is 4.79 Å². The summed E-state index contributed by atoms with van der Waals surface area (Å²) in [6, 6.07) is 0. The van der Waals surface area contributed by atoms with Crippen molar-refractivity contribution in [1.82, 2.24) is 0 Å². The third kappa shape index (κ3) is 21.9. The van der Waals surface area contributed by atoms with Gasteiger partial charge in [0.1, 0.15) is 0 Å². The molecule has 0 aromatic rings. The number of hydrogen-bond donors (Lipinski definition) is 1. The van der Waals surface area contributed by atoms with Crippen LogP contribution >= 0.6 is 12.6 Å². The zero-order chi connectivity index (χ0) is 14.1. The molecular weight excluding hydrogens is 351 g/mol. The van der Waals surface area contributed by atoms with Crippen LogP contribution in [0, 0.1) is 0 Å². The van der Waals surface area contributed by atoms with Crippen molar-refractivity contribution in [2.45, 2.75) is 68.2 Å². The zero-order valence-electron chi connectivity index (χ0n) is 12.3. The van der Waals surface area contributed by atoms with Crippen LogP contribution in [-0.4, -0.2) is 39.5 Å². The molecule has 108 valence electrons. The first-order valence-electron chi connectivity index (χ1n) is 7.20. The number of hydrogen-bond acceptors (Lipinski definition) is 3. The van der Waals surface area contributed by atoms with Crippen molar-refractivity contribution in [3.8, 4) is 0 Å². The minimum atomic E-state index is -0.230. The molecule has 0 saturated heterocycles. The Balaban J connectivity index is 0. The maximum atomic E-state index is 10.4. The van der Waals surface area contributed by atoms with Gasteiger partial charge in [0.05, 0.1) is 12.4 Å². The van der Waals surface area contributed by atoms with Crippen LogP contribution in [-0.2, 0) is 9.53 Å². The van der Waals surface area contributed by atoms with E-state index in [1.54, 1.807) is 8.87 Å². The van der Waals surface area contributed by atoms with Crippen LogP contribution in [0.2, 0.25) is 8.87 Å². The van der Waals surface area contributed by atoms with Gasteiger partial charge in [0, 0.05) is 0 Å². The summed E-state index contributed by atoms with van der Waals surface area (Å²) in [5, 5.41) is 0. The fourth-order valence-corrected chi connectivity index (χ4v) is 5.35. The van der Waals surface area contributed by atoms with Crippen molar-refractivity contribution in [2.24, 2.45) is 0 Å². The topological polar surface area (TPSA) is 26.3 Å². The van der Waals surface area contributed by atoms with E-state index in [1.165, 1.54) is 25.7 Å². The van der Waals surface area contributed by atoms with Crippen molar-refractivity contribution in [2.75, 3.05) is 12.4 Å². The Kier molecular flexibility index (Phi) is 23.2. The van der Waals surface area contributed by atoms with E-state index in [-0.39, 0.29) is 32.9 Å². The Morgan fingerprint density at radius 1 is 1.00 bits per heavy atom. The third-order valence-electron chi connectivity index (χ3n) is 2.30. The average molecular weight is 381 g/mol. The number of carbonyl (C=O) groups excluding carboxylic acids is 1. The Hall–Kier alpha value is 0.619. The molecular formula is C14H30O2SSn. The van der Waals surface area contributed by atoms with Gasteiger partial charge in [0.15, 0.2) is 0 Å². The molecule has 0 aliphatic heterocycles. The van der Waals surface area contributed by atoms with Gasteiger partial charge in [-0.1, -0.05) is 13.3 Å². The van der Waals surface area contributed by atoms with Gasteiger partial charge in [0.2, 0.25) is 0 Å². The van der Waals surface area contributed by atoms with E-state index < -0.39 is 0 Å². The molecule has 0 rings (SSSR count). The molecule has 2 nitrogen and oxygen atoms in total. The van der Waals surface area contributed by atoms with Gasteiger partial charge in [-0.05, 0) is 6.42 Å². The van der Waals surface area contributed by atoms with Crippen LogP contribution in [0.1, 0.15) is 59.3 Å². The number of unbranched alkanes of at least 4 members (excludes halogenated alkanes) is 3. The van der Waals surface area contributed by atoms with E-state index in [0.717, 1.165) is 12.8 Å². The van der Waals surface area contributed by atoms with E-state index >= 15 is 0 Å². The second-order valence-corrected chi connectivity index (χ2v) is 8.79. The molecule has 0 aliphatic carbocycles. The second-order valence-electron chi connectivity index (χ2n) is 4.19. The van der Waals surface area contributed by atoms with Crippen molar-refractivity contribution >= 4 is 39.7 Å². The standard InChI is InChI=1S/C6H12O2S.2C4H9.Sn/c1-2-3-4-8-6(7)5-9;2*1-3-4-2;/h9H,2-5H2,1H3;2*1,3-4H2,2H3;. The Labute approximate surface area is 129 Å². The van der Waals surface area contributed by atoms with E-state index in [2.05, 4.69) is 33.4 Å². The fraction of sp³-hybridized carbons (Fsp3) is 0.929. The number of thiol groups is 1. The summed E-state index contributed by atoms with van der Waals surface area (Å²) in [4.78, 5) is 10.4. The van der Waals surface area contributed by atoms with Crippen molar-refractivity contribution in [3.05, 3.63) is 0 Å². The van der Waals surface area contributed by atoms with Crippen molar-refractivity contribution in [1.29, 1.82) is 0 Å². The van der Waals surface area contributed by atoms with E-state index in [9.17, 15) is 4.79 Å². The molecule has 0 aromatic heterocycles. The number of esters is 1. The van der Waals surface area contributed by atoms with Crippen LogP contribution in [0.3, 0.4) is 0 Å². The molecule has 0 aromatic carbocycles. The van der Waals surface area contributed by atoms with Crippen LogP contribution in [0.15, 0.2) is 0 Å². The van der Waals surface area contributed by atoms with Crippen molar-refractivity contribution in [3.63, 3.8) is 0 Å². The molecule has 0 amide bonds. The molecule has 0 atom stereocenters. The summed E-state index contributed by atoms with van der Waals surface area (Å²) >= 11 is 3.89. The average Bonchev–Trinajstić information content (AvgIpc) is 2.39. The molecule has 0 saturated carbocycles. The first kappa shape index (κ1) is 20.9. The Bertz CT molecular complexity index is 160. The summed E-state index contributed by atoms with van der Waals surface area (Å²) in [7, 11) is 0. The molecule has 0 N–H and O–H groups in total. The van der Waals surface area contributed by atoms with Gasteiger partial charge in [-0.2, -0.15) is 12.6 Å². The van der Waals surface area contributed by atoms with Crippen LogP contribution in [0.25, 0.3) is 0 Å². The molecule has 2 radical (unpaired) electrons. The number of rotatable bonds is 10. The van der Waals surface area contributed by atoms with Gasteiger partial charge in [-0.25, -0.2) is 0 Å².